The molecule has 1 aromatic carbocycles. The summed E-state index contributed by atoms with van der Waals surface area (Å²) in [6.07, 6.45) is 6.26. The van der Waals surface area contributed by atoms with Gasteiger partial charge in [-0.05, 0) is 12.0 Å². The highest BCUT2D eigenvalue weighted by molar-refractivity contribution is 14.1. The lowest BCUT2D eigenvalue weighted by molar-refractivity contribution is 0.600. The molecule has 0 bridgehead atoms. The summed E-state index contributed by atoms with van der Waals surface area (Å²) >= 11 is 2.38. The number of hydrogen-bond donors (Lipinski definition) is 1. The second kappa shape index (κ2) is 6.86. The average Bonchev–Trinajstić information content (AvgIpc) is 2.25. The first kappa shape index (κ1) is 11.5. The summed E-state index contributed by atoms with van der Waals surface area (Å²) in [5.41, 5.74) is 1.36. The van der Waals surface area contributed by atoms with Gasteiger partial charge in [0.15, 0.2) is 0 Å². The number of alkyl halides is 1. The molecular formula is C12H14IN. The van der Waals surface area contributed by atoms with Crippen LogP contribution >= 0.6 is 22.6 Å². The Morgan fingerprint density at radius 2 is 2.07 bits per heavy atom. The van der Waals surface area contributed by atoms with E-state index in [-0.39, 0.29) is 0 Å². The third kappa shape index (κ3) is 4.12. The minimum atomic E-state index is 0.481. The monoisotopic (exact) mass is 299 g/mol. The van der Waals surface area contributed by atoms with Crippen molar-refractivity contribution in [1.29, 1.82) is 0 Å². The number of nitrogens with one attached hydrogen (secondary N) is 1. The molecule has 1 N–H and O–H groups in total. The third-order valence-electron chi connectivity index (χ3n) is 2.00. The molecule has 1 nitrogen and oxygen atoms in total. The number of halogens is 1. The maximum absolute atomic E-state index is 5.21. The molecule has 0 unspecified atom stereocenters. The zero-order valence-corrected chi connectivity index (χ0v) is 10.2. The van der Waals surface area contributed by atoms with Gasteiger partial charge in [0.1, 0.15) is 0 Å². The number of rotatable bonds is 5. The van der Waals surface area contributed by atoms with Gasteiger partial charge >= 0.3 is 0 Å². The summed E-state index contributed by atoms with van der Waals surface area (Å²) in [7, 11) is 0. The second-order valence-corrected chi connectivity index (χ2v) is 4.01. The highest BCUT2D eigenvalue weighted by Gasteiger charge is 2.05. The van der Waals surface area contributed by atoms with Crippen LogP contribution in [0.3, 0.4) is 0 Å². The smallest absolute Gasteiger partial charge is 0.0576 e. The Labute approximate surface area is 99.4 Å². The standard InChI is InChI=1S/C12H14IN/c1-2-8-14-12(10-13)9-11-6-4-3-5-7-11/h1,3-7,12,14H,8-10H2/t12-/m1/s1. The zero-order valence-electron chi connectivity index (χ0n) is 8.04. The van der Waals surface area contributed by atoms with E-state index < -0.39 is 0 Å². The Bertz CT molecular complexity index is 289. The molecule has 0 saturated heterocycles. The van der Waals surface area contributed by atoms with E-state index in [4.69, 9.17) is 6.42 Å². The Balaban J connectivity index is 2.45. The molecule has 74 valence electrons. The highest BCUT2D eigenvalue weighted by atomic mass is 127. The molecule has 0 radical (unpaired) electrons. The summed E-state index contributed by atoms with van der Waals surface area (Å²) < 4.78 is 1.08. The van der Waals surface area contributed by atoms with Gasteiger partial charge < -0.3 is 5.32 Å². The minimum absolute atomic E-state index is 0.481. The number of terminal acetylenes is 1. The Hall–Kier alpha value is -0.530. The van der Waals surface area contributed by atoms with Crippen molar-refractivity contribution in [3.8, 4) is 12.3 Å². The summed E-state index contributed by atoms with van der Waals surface area (Å²) in [5, 5.41) is 3.32. The molecule has 0 saturated carbocycles. The first-order chi connectivity index (χ1) is 6.86. The van der Waals surface area contributed by atoms with Gasteiger partial charge in [-0.2, -0.15) is 0 Å². The van der Waals surface area contributed by atoms with Gasteiger partial charge in [-0.25, -0.2) is 0 Å². The molecule has 0 amide bonds. The fraction of sp³-hybridized carbons (Fsp3) is 0.333. The molecule has 0 spiro atoms. The number of benzene rings is 1. The van der Waals surface area contributed by atoms with E-state index >= 15 is 0 Å². The SMILES string of the molecule is C#CCN[C@@H](CI)Cc1ccccc1. The predicted octanol–water partition coefficient (Wildman–Crippen LogP) is 2.26. The molecule has 1 aromatic rings. The van der Waals surface area contributed by atoms with E-state index in [1.807, 2.05) is 6.07 Å². The third-order valence-corrected chi connectivity index (χ3v) is 3.07. The average molecular weight is 299 g/mol. The molecule has 0 aliphatic heterocycles. The van der Waals surface area contributed by atoms with E-state index in [9.17, 15) is 0 Å². The molecular weight excluding hydrogens is 285 g/mol. The first-order valence-corrected chi connectivity index (χ1v) is 6.16. The molecule has 1 rings (SSSR count). The topological polar surface area (TPSA) is 12.0 Å². The largest absolute Gasteiger partial charge is 0.302 e. The summed E-state index contributed by atoms with van der Waals surface area (Å²) in [6, 6.07) is 11.0. The van der Waals surface area contributed by atoms with E-state index in [1.165, 1.54) is 5.56 Å². The number of hydrogen-bond acceptors (Lipinski definition) is 1. The van der Waals surface area contributed by atoms with Crippen LogP contribution in [-0.2, 0) is 6.42 Å². The molecule has 0 heterocycles. The van der Waals surface area contributed by atoms with Crippen LogP contribution in [0.5, 0.6) is 0 Å². The molecule has 1 atom stereocenters. The van der Waals surface area contributed by atoms with Gasteiger partial charge in [0.2, 0.25) is 0 Å². The van der Waals surface area contributed by atoms with Crippen LogP contribution in [0.4, 0.5) is 0 Å². The van der Waals surface area contributed by atoms with Crippen LogP contribution in [0.1, 0.15) is 5.56 Å². The molecule has 0 aliphatic carbocycles. The van der Waals surface area contributed by atoms with E-state index in [0.717, 1.165) is 10.8 Å². The van der Waals surface area contributed by atoms with Crippen molar-refractivity contribution in [3.63, 3.8) is 0 Å². The first-order valence-electron chi connectivity index (χ1n) is 4.63. The van der Waals surface area contributed by atoms with Gasteiger partial charge in [0, 0.05) is 10.5 Å². The van der Waals surface area contributed by atoms with Gasteiger partial charge in [-0.15, -0.1) is 6.42 Å². The Kier molecular flexibility index (Phi) is 5.65. The Morgan fingerprint density at radius 3 is 2.64 bits per heavy atom. The van der Waals surface area contributed by atoms with Gasteiger partial charge in [0.05, 0.1) is 6.54 Å². The summed E-state index contributed by atoms with van der Waals surface area (Å²) in [6.45, 7) is 0.653. The van der Waals surface area contributed by atoms with E-state index in [0.29, 0.717) is 12.6 Å². The van der Waals surface area contributed by atoms with Crippen molar-refractivity contribution in [2.75, 3.05) is 11.0 Å². The van der Waals surface area contributed by atoms with Crippen LogP contribution in [0.25, 0.3) is 0 Å². The zero-order chi connectivity index (χ0) is 10.2. The molecule has 0 aromatic heterocycles. The Morgan fingerprint density at radius 1 is 1.36 bits per heavy atom. The normalized spacial score (nSPS) is 12.0. The maximum Gasteiger partial charge on any atom is 0.0576 e. The molecule has 0 fully saturated rings. The molecule has 14 heavy (non-hydrogen) atoms. The van der Waals surface area contributed by atoms with Gasteiger partial charge in [0.25, 0.3) is 0 Å². The van der Waals surface area contributed by atoms with Crippen LogP contribution < -0.4 is 5.32 Å². The predicted molar refractivity (Wildman–Crippen MR) is 69.7 cm³/mol. The van der Waals surface area contributed by atoms with E-state index in [1.54, 1.807) is 0 Å². The molecule has 0 aliphatic rings. The van der Waals surface area contributed by atoms with Gasteiger partial charge in [-0.1, -0.05) is 58.8 Å². The minimum Gasteiger partial charge on any atom is -0.302 e. The van der Waals surface area contributed by atoms with Crippen molar-refractivity contribution in [1.82, 2.24) is 5.32 Å². The second-order valence-electron chi connectivity index (χ2n) is 3.13. The molecule has 2 heteroatoms. The fourth-order valence-corrected chi connectivity index (χ4v) is 1.91. The van der Waals surface area contributed by atoms with Crippen LogP contribution in [0, 0.1) is 12.3 Å². The summed E-state index contributed by atoms with van der Waals surface area (Å²) in [4.78, 5) is 0. The fourth-order valence-electron chi connectivity index (χ4n) is 1.28. The van der Waals surface area contributed by atoms with Crippen LogP contribution in [0.2, 0.25) is 0 Å². The quantitative estimate of drug-likeness (QED) is 0.499. The van der Waals surface area contributed by atoms with Crippen molar-refractivity contribution in [2.24, 2.45) is 0 Å². The van der Waals surface area contributed by atoms with Crippen LogP contribution in [0.15, 0.2) is 30.3 Å². The van der Waals surface area contributed by atoms with Crippen molar-refractivity contribution in [3.05, 3.63) is 35.9 Å². The van der Waals surface area contributed by atoms with E-state index in [2.05, 4.69) is 58.1 Å². The van der Waals surface area contributed by atoms with Gasteiger partial charge in [-0.3, -0.25) is 0 Å². The van der Waals surface area contributed by atoms with Crippen LogP contribution in [-0.4, -0.2) is 17.0 Å². The lowest BCUT2D eigenvalue weighted by Gasteiger charge is -2.14. The lowest BCUT2D eigenvalue weighted by Crippen LogP contribution is -2.32. The maximum atomic E-state index is 5.21. The summed E-state index contributed by atoms with van der Waals surface area (Å²) in [5.74, 6) is 2.60. The van der Waals surface area contributed by atoms with Crippen molar-refractivity contribution in [2.45, 2.75) is 12.5 Å². The van der Waals surface area contributed by atoms with Crippen molar-refractivity contribution >= 4 is 22.6 Å². The highest BCUT2D eigenvalue weighted by Crippen LogP contribution is 2.04. The van der Waals surface area contributed by atoms with Crippen molar-refractivity contribution < 1.29 is 0 Å². The lowest BCUT2D eigenvalue weighted by atomic mass is 10.1.